The number of nitrogens with two attached hydrogens (primary N) is 1. The van der Waals surface area contributed by atoms with Gasteiger partial charge in [0.1, 0.15) is 16.5 Å². The molecular weight excluding hydrogens is 425 g/mol. The van der Waals surface area contributed by atoms with Gasteiger partial charge in [-0.1, -0.05) is 23.5 Å². The van der Waals surface area contributed by atoms with Crippen molar-refractivity contribution in [3.8, 4) is 0 Å². The van der Waals surface area contributed by atoms with Crippen molar-refractivity contribution in [2.45, 2.75) is 12.8 Å². The zero-order valence-corrected chi connectivity index (χ0v) is 18.6. The molecule has 0 amide bonds. The maximum absolute atomic E-state index is 13.5. The number of rotatable bonds is 7. The fraction of sp³-hybridized carbons (Fsp3) is 0.333. The summed E-state index contributed by atoms with van der Waals surface area (Å²) in [6.45, 7) is 5.60. The summed E-state index contributed by atoms with van der Waals surface area (Å²) >= 11 is 1.17. The number of nitrogens with one attached hydrogen (secondary N) is 1. The zero-order chi connectivity index (χ0) is 22.1. The highest BCUT2D eigenvalue weighted by Gasteiger charge is 2.26. The monoisotopic (exact) mass is 451 g/mol. The second-order valence-electron chi connectivity index (χ2n) is 8.48. The molecule has 3 N–H and O–H groups in total. The standard InChI is InChI=1S/C24H26FN5OS/c25-18-3-1-2-17(14-18)21(31)22-23(26)28-24(32-22)27-19-6-8-20(9-7-19)30-12-10-29(11-13-30)15-16-4-5-16/h1-3,6-9,14,16H,4-5,10-13,15,26H2,(H,27,28). The van der Waals surface area contributed by atoms with Crippen molar-refractivity contribution in [1.82, 2.24) is 9.88 Å². The van der Waals surface area contributed by atoms with E-state index in [9.17, 15) is 9.18 Å². The summed E-state index contributed by atoms with van der Waals surface area (Å²) in [7, 11) is 0. The van der Waals surface area contributed by atoms with Gasteiger partial charge in [0, 0.05) is 49.7 Å². The number of carbonyl (C=O) groups excluding carboxylic acids is 1. The molecule has 1 aliphatic carbocycles. The third-order valence-electron chi connectivity index (χ3n) is 6.02. The third kappa shape index (κ3) is 4.76. The number of nitrogen functional groups attached to an aromatic ring is 1. The average Bonchev–Trinajstić information content (AvgIpc) is 3.54. The molecule has 2 aliphatic rings. The van der Waals surface area contributed by atoms with Crippen molar-refractivity contribution in [1.29, 1.82) is 0 Å². The molecule has 5 rings (SSSR count). The number of carbonyl (C=O) groups is 1. The van der Waals surface area contributed by atoms with E-state index in [-0.39, 0.29) is 17.2 Å². The molecule has 0 spiro atoms. The lowest BCUT2D eigenvalue weighted by atomic mass is 10.1. The lowest BCUT2D eigenvalue weighted by molar-refractivity contribution is 0.104. The molecule has 2 aromatic carbocycles. The van der Waals surface area contributed by atoms with E-state index >= 15 is 0 Å². The van der Waals surface area contributed by atoms with Crippen molar-refractivity contribution >= 4 is 39.4 Å². The topological polar surface area (TPSA) is 74.5 Å². The van der Waals surface area contributed by atoms with E-state index in [1.165, 1.54) is 54.6 Å². The molecule has 1 saturated heterocycles. The van der Waals surface area contributed by atoms with E-state index in [2.05, 4.69) is 32.2 Å². The van der Waals surface area contributed by atoms with Gasteiger partial charge >= 0.3 is 0 Å². The van der Waals surface area contributed by atoms with E-state index in [1.54, 1.807) is 6.07 Å². The number of benzene rings is 2. The van der Waals surface area contributed by atoms with Crippen molar-refractivity contribution in [2.24, 2.45) is 5.92 Å². The van der Waals surface area contributed by atoms with Crippen molar-refractivity contribution in [3.63, 3.8) is 0 Å². The van der Waals surface area contributed by atoms with Crippen LogP contribution in [0.2, 0.25) is 0 Å². The van der Waals surface area contributed by atoms with Crippen LogP contribution in [0.3, 0.4) is 0 Å². The van der Waals surface area contributed by atoms with E-state index in [4.69, 9.17) is 5.73 Å². The van der Waals surface area contributed by atoms with Crippen LogP contribution in [0.4, 0.5) is 26.7 Å². The Bertz CT molecular complexity index is 1100. The molecular formula is C24H26FN5OS. The highest BCUT2D eigenvalue weighted by atomic mass is 32.1. The maximum Gasteiger partial charge on any atom is 0.206 e. The Morgan fingerprint density at radius 3 is 2.56 bits per heavy atom. The zero-order valence-electron chi connectivity index (χ0n) is 17.8. The second kappa shape index (κ2) is 8.88. The smallest absolute Gasteiger partial charge is 0.206 e. The molecule has 8 heteroatoms. The number of aromatic nitrogens is 1. The lowest BCUT2D eigenvalue weighted by Gasteiger charge is -2.36. The molecule has 0 radical (unpaired) electrons. The van der Waals surface area contributed by atoms with Gasteiger partial charge in [0.25, 0.3) is 0 Å². The van der Waals surface area contributed by atoms with Crippen LogP contribution in [0.5, 0.6) is 0 Å². The van der Waals surface area contributed by atoms with Crippen LogP contribution in [0, 0.1) is 11.7 Å². The summed E-state index contributed by atoms with van der Waals surface area (Å²) in [5.41, 5.74) is 8.32. The number of halogens is 1. The summed E-state index contributed by atoms with van der Waals surface area (Å²) in [4.78, 5) is 22.3. The fourth-order valence-corrected chi connectivity index (χ4v) is 4.91. The summed E-state index contributed by atoms with van der Waals surface area (Å²) in [5, 5.41) is 3.75. The first-order valence-corrected chi connectivity index (χ1v) is 11.8. The Kier molecular flexibility index (Phi) is 5.80. The van der Waals surface area contributed by atoms with Crippen molar-refractivity contribution in [3.05, 3.63) is 64.8 Å². The van der Waals surface area contributed by atoms with Gasteiger partial charge in [-0.05, 0) is 55.2 Å². The third-order valence-corrected chi connectivity index (χ3v) is 7.00. The fourth-order valence-electron chi connectivity index (χ4n) is 4.04. The molecule has 1 aromatic heterocycles. The summed E-state index contributed by atoms with van der Waals surface area (Å²) in [6, 6.07) is 13.8. The normalized spacial score (nSPS) is 16.8. The molecule has 166 valence electrons. The van der Waals surface area contributed by atoms with E-state index in [1.807, 2.05) is 12.1 Å². The molecule has 1 aliphatic heterocycles. The number of piperazine rings is 1. The molecule has 2 fully saturated rings. The Balaban J connectivity index is 1.21. The minimum Gasteiger partial charge on any atom is -0.382 e. The molecule has 0 unspecified atom stereocenters. The van der Waals surface area contributed by atoms with E-state index in [0.29, 0.717) is 10.0 Å². The van der Waals surface area contributed by atoms with Crippen LogP contribution >= 0.6 is 11.3 Å². The first-order chi connectivity index (χ1) is 15.5. The Morgan fingerprint density at radius 2 is 1.88 bits per heavy atom. The minimum absolute atomic E-state index is 0.146. The second-order valence-corrected chi connectivity index (χ2v) is 9.47. The van der Waals surface area contributed by atoms with Crippen LogP contribution in [0.15, 0.2) is 48.5 Å². The predicted octanol–water partition coefficient (Wildman–Crippen LogP) is 4.37. The highest BCUT2D eigenvalue weighted by molar-refractivity contribution is 7.18. The molecule has 0 bridgehead atoms. The Morgan fingerprint density at radius 1 is 1.12 bits per heavy atom. The van der Waals surface area contributed by atoms with Gasteiger partial charge < -0.3 is 16.0 Å². The SMILES string of the molecule is Nc1nc(Nc2ccc(N3CCN(CC4CC4)CC3)cc2)sc1C(=O)c1cccc(F)c1. The van der Waals surface area contributed by atoms with Gasteiger partial charge in [-0.2, -0.15) is 0 Å². The maximum atomic E-state index is 13.5. The number of anilines is 4. The minimum atomic E-state index is -0.457. The summed E-state index contributed by atoms with van der Waals surface area (Å²) in [6.07, 6.45) is 2.81. The number of hydrogen-bond donors (Lipinski definition) is 2. The van der Waals surface area contributed by atoms with Crippen LogP contribution in [-0.2, 0) is 0 Å². The molecule has 1 saturated carbocycles. The summed E-state index contributed by atoms with van der Waals surface area (Å²) in [5.74, 6) is 0.300. The van der Waals surface area contributed by atoms with Crippen molar-refractivity contribution < 1.29 is 9.18 Å². The first kappa shape index (κ1) is 20.9. The largest absolute Gasteiger partial charge is 0.382 e. The number of nitrogens with zero attached hydrogens (tertiary/aromatic N) is 3. The average molecular weight is 452 g/mol. The molecule has 2 heterocycles. The van der Waals surface area contributed by atoms with Crippen LogP contribution < -0.4 is 16.0 Å². The molecule has 32 heavy (non-hydrogen) atoms. The van der Waals surface area contributed by atoms with Gasteiger partial charge in [0.15, 0.2) is 5.13 Å². The number of thiazole rings is 1. The van der Waals surface area contributed by atoms with Gasteiger partial charge in [-0.25, -0.2) is 9.37 Å². The predicted molar refractivity (Wildman–Crippen MR) is 127 cm³/mol. The van der Waals surface area contributed by atoms with E-state index in [0.717, 1.165) is 37.8 Å². The number of hydrogen-bond acceptors (Lipinski definition) is 7. The Hall–Kier alpha value is -2.97. The lowest BCUT2D eigenvalue weighted by Crippen LogP contribution is -2.47. The van der Waals surface area contributed by atoms with Crippen LogP contribution in [0.25, 0.3) is 0 Å². The van der Waals surface area contributed by atoms with Gasteiger partial charge in [-0.15, -0.1) is 0 Å². The molecule has 3 aromatic rings. The highest BCUT2D eigenvalue weighted by Crippen LogP contribution is 2.32. The van der Waals surface area contributed by atoms with E-state index < -0.39 is 5.82 Å². The number of ketones is 1. The van der Waals surface area contributed by atoms with Gasteiger partial charge in [-0.3, -0.25) is 9.69 Å². The van der Waals surface area contributed by atoms with Crippen molar-refractivity contribution in [2.75, 3.05) is 48.7 Å². The van der Waals surface area contributed by atoms with Crippen LogP contribution in [0.1, 0.15) is 28.1 Å². The Labute approximate surface area is 190 Å². The quantitative estimate of drug-likeness (QED) is 0.520. The molecule has 6 nitrogen and oxygen atoms in total. The van der Waals surface area contributed by atoms with Crippen LogP contribution in [-0.4, -0.2) is 48.4 Å². The summed E-state index contributed by atoms with van der Waals surface area (Å²) < 4.78 is 13.5. The van der Waals surface area contributed by atoms with Gasteiger partial charge in [0.05, 0.1) is 0 Å². The molecule has 0 atom stereocenters. The first-order valence-electron chi connectivity index (χ1n) is 11.0. The van der Waals surface area contributed by atoms with Gasteiger partial charge in [0.2, 0.25) is 5.78 Å².